The van der Waals surface area contributed by atoms with Crippen molar-refractivity contribution >= 4 is 5.91 Å². The van der Waals surface area contributed by atoms with Crippen LogP contribution in [0, 0.1) is 5.92 Å². The number of nitrogens with one attached hydrogen (secondary N) is 1. The number of nitrogens with zero attached hydrogens (tertiary/aromatic N) is 2. The number of aliphatic hydroxyl groups excluding tert-OH is 1. The van der Waals surface area contributed by atoms with Gasteiger partial charge in [-0.2, -0.15) is 5.10 Å². The summed E-state index contributed by atoms with van der Waals surface area (Å²) in [6.45, 7) is 2.82. The number of carbonyl (C=O) groups is 1. The van der Waals surface area contributed by atoms with Gasteiger partial charge in [0, 0.05) is 12.6 Å². The van der Waals surface area contributed by atoms with Crippen LogP contribution in [0.4, 0.5) is 0 Å². The monoisotopic (exact) mass is 327 g/mol. The van der Waals surface area contributed by atoms with E-state index in [1.807, 2.05) is 29.8 Å². The van der Waals surface area contributed by atoms with Crippen LogP contribution in [0.5, 0.6) is 0 Å². The van der Waals surface area contributed by atoms with Crippen LogP contribution in [0.15, 0.2) is 36.5 Å². The second-order valence-corrected chi connectivity index (χ2v) is 6.43. The molecule has 1 aromatic heterocycles. The van der Waals surface area contributed by atoms with E-state index in [0.717, 1.165) is 25.0 Å². The third-order valence-corrected chi connectivity index (χ3v) is 4.65. The third-order valence-electron chi connectivity index (χ3n) is 4.65. The molecule has 1 aromatic carbocycles. The molecule has 24 heavy (non-hydrogen) atoms. The molecule has 0 bridgehead atoms. The summed E-state index contributed by atoms with van der Waals surface area (Å²) >= 11 is 0. The third kappa shape index (κ3) is 3.85. The number of benzene rings is 1. The Hall–Kier alpha value is -2.14. The lowest BCUT2D eigenvalue weighted by Crippen LogP contribution is -2.37. The van der Waals surface area contributed by atoms with Crippen LogP contribution < -0.4 is 5.32 Å². The summed E-state index contributed by atoms with van der Waals surface area (Å²) in [5, 5.41) is 16.7. The zero-order chi connectivity index (χ0) is 16.9. The van der Waals surface area contributed by atoms with E-state index in [1.54, 1.807) is 6.20 Å². The maximum absolute atomic E-state index is 12.7. The minimum Gasteiger partial charge on any atom is -0.396 e. The van der Waals surface area contributed by atoms with Crippen molar-refractivity contribution in [1.29, 1.82) is 0 Å². The molecule has 1 aliphatic rings. The summed E-state index contributed by atoms with van der Waals surface area (Å²) in [7, 11) is 0. The number of amides is 1. The van der Waals surface area contributed by atoms with Crippen molar-refractivity contribution in [3.05, 3.63) is 53.3 Å². The maximum Gasteiger partial charge on any atom is 0.254 e. The van der Waals surface area contributed by atoms with E-state index in [9.17, 15) is 9.90 Å². The number of aromatic nitrogens is 2. The first kappa shape index (κ1) is 16.7. The summed E-state index contributed by atoms with van der Waals surface area (Å²) in [6.07, 6.45) is 5.32. The molecule has 1 saturated carbocycles. The van der Waals surface area contributed by atoms with Gasteiger partial charge < -0.3 is 10.4 Å². The Morgan fingerprint density at radius 3 is 2.75 bits per heavy atom. The Morgan fingerprint density at radius 1 is 1.38 bits per heavy atom. The van der Waals surface area contributed by atoms with E-state index in [1.165, 1.54) is 5.56 Å². The predicted octanol–water partition coefficient (Wildman–Crippen LogP) is 2.38. The number of hydrogen-bond donors (Lipinski definition) is 2. The van der Waals surface area contributed by atoms with Gasteiger partial charge in [0.05, 0.1) is 24.0 Å². The van der Waals surface area contributed by atoms with Crippen molar-refractivity contribution in [3.8, 4) is 0 Å². The first-order valence-corrected chi connectivity index (χ1v) is 8.73. The van der Waals surface area contributed by atoms with Crippen LogP contribution in [0.25, 0.3) is 0 Å². The van der Waals surface area contributed by atoms with Crippen molar-refractivity contribution in [2.24, 2.45) is 5.92 Å². The molecule has 2 N–H and O–H groups in total. The first-order chi connectivity index (χ1) is 11.7. The minimum atomic E-state index is -0.0727. The van der Waals surface area contributed by atoms with Gasteiger partial charge in [0.1, 0.15) is 0 Å². The highest BCUT2D eigenvalue weighted by molar-refractivity contribution is 5.95. The number of aliphatic hydroxyl groups is 1. The Balaban J connectivity index is 1.74. The van der Waals surface area contributed by atoms with Crippen molar-refractivity contribution in [3.63, 3.8) is 0 Å². The molecule has 0 radical (unpaired) electrons. The Bertz CT molecular complexity index is 677. The lowest BCUT2D eigenvalue weighted by atomic mass is 10.1. The van der Waals surface area contributed by atoms with Crippen molar-refractivity contribution in [2.75, 3.05) is 6.61 Å². The second-order valence-electron chi connectivity index (χ2n) is 6.43. The molecule has 2 aromatic rings. The van der Waals surface area contributed by atoms with Crippen LogP contribution >= 0.6 is 0 Å². The van der Waals surface area contributed by atoms with E-state index in [0.29, 0.717) is 24.4 Å². The molecule has 1 aliphatic carbocycles. The zero-order valence-corrected chi connectivity index (χ0v) is 14.1. The number of carbonyl (C=O) groups excluding carboxylic acids is 1. The van der Waals surface area contributed by atoms with E-state index in [4.69, 9.17) is 0 Å². The predicted molar refractivity (Wildman–Crippen MR) is 92.8 cm³/mol. The van der Waals surface area contributed by atoms with Gasteiger partial charge in [-0.25, -0.2) is 0 Å². The lowest BCUT2D eigenvalue weighted by Gasteiger charge is -2.17. The molecule has 3 rings (SSSR count). The highest BCUT2D eigenvalue weighted by Crippen LogP contribution is 2.34. The molecule has 5 heteroatoms. The number of rotatable bonds is 8. The summed E-state index contributed by atoms with van der Waals surface area (Å²) < 4.78 is 1.91. The van der Waals surface area contributed by atoms with Gasteiger partial charge in [-0.15, -0.1) is 0 Å². The van der Waals surface area contributed by atoms with E-state index in [2.05, 4.69) is 22.5 Å². The Labute approximate surface area is 142 Å². The second kappa shape index (κ2) is 7.62. The molecule has 0 aliphatic heterocycles. The summed E-state index contributed by atoms with van der Waals surface area (Å²) in [6, 6.07) is 10.2. The van der Waals surface area contributed by atoms with Crippen LogP contribution in [0.1, 0.15) is 47.8 Å². The van der Waals surface area contributed by atoms with Crippen LogP contribution in [-0.2, 0) is 13.0 Å². The fourth-order valence-electron chi connectivity index (χ4n) is 3.18. The Kier molecular flexibility index (Phi) is 5.30. The Morgan fingerprint density at radius 2 is 2.12 bits per heavy atom. The molecular weight excluding hydrogens is 302 g/mol. The summed E-state index contributed by atoms with van der Waals surface area (Å²) in [5.41, 5.74) is 2.77. The SMILES string of the molecule is CCc1c(C(=O)NC(CCO)C2CC2)cnn1Cc1ccccc1. The van der Waals surface area contributed by atoms with Crippen LogP contribution in [-0.4, -0.2) is 33.4 Å². The van der Waals surface area contributed by atoms with Gasteiger partial charge in [-0.05, 0) is 37.2 Å². The highest BCUT2D eigenvalue weighted by atomic mass is 16.3. The van der Waals surface area contributed by atoms with Gasteiger partial charge in [-0.1, -0.05) is 37.3 Å². The fourth-order valence-corrected chi connectivity index (χ4v) is 3.18. The van der Waals surface area contributed by atoms with E-state index < -0.39 is 0 Å². The lowest BCUT2D eigenvalue weighted by molar-refractivity contribution is 0.0923. The molecule has 1 amide bonds. The van der Waals surface area contributed by atoms with Crippen LogP contribution in [0.2, 0.25) is 0 Å². The summed E-state index contributed by atoms with van der Waals surface area (Å²) in [4.78, 5) is 12.7. The molecule has 128 valence electrons. The van der Waals surface area contributed by atoms with E-state index in [-0.39, 0.29) is 18.6 Å². The first-order valence-electron chi connectivity index (χ1n) is 8.73. The quantitative estimate of drug-likeness (QED) is 0.782. The fraction of sp³-hybridized carbons (Fsp3) is 0.474. The molecule has 1 heterocycles. The molecule has 0 saturated heterocycles. The van der Waals surface area contributed by atoms with Gasteiger partial charge in [0.25, 0.3) is 5.91 Å². The smallest absolute Gasteiger partial charge is 0.254 e. The molecule has 0 spiro atoms. The molecule has 5 nitrogen and oxygen atoms in total. The molecular formula is C19H25N3O2. The topological polar surface area (TPSA) is 67.2 Å². The average molecular weight is 327 g/mol. The normalized spacial score (nSPS) is 15.2. The minimum absolute atomic E-state index is 0.0727. The van der Waals surface area contributed by atoms with Crippen LogP contribution in [0.3, 0.4) is 0 Å². The highest BCUT2D eigenvalue weighted by Gasteiger charge is 2.32. The van der Waals surface area contributed by atoms with Gasteiger partial charge >= 0.3 is 0 Å². The maximum atomic E-state index is 12.7. The standard InChI is InChI=1S/C19H25N3O2/c1-2-18-16(19(24)21-17(10-11-23)15-8-9-15)12-20-22(18)13-14-6-4-3-5-7-14/h3-7,12,15,17,23H,2,8-11,13H2,1H3,(H,21,24). The largest absolute Gasteiger partial charge is 0.396 e. The van der Waals surface area contributed by atoms with Crippen molar-refractivity contribution in [1.82, 2.24) is 15.1 Å². The zero-order valence-electron chi connectivity index (χ0n) is 14.1. The summed E-state index contributed by atoms with van der Waals surface area (Å²) in [5.74, 6) is 0.446. The van der Waals surface area contributed by atoms with Crippen molar-refractivity contribution in [2.45, 2.75) is 45.2 Å². The molecule has 1 fully saturated rings. The van der Waals surface area contributed by atoms with Gasteiger partial charge in [0.2, 0.25) is 0 Å². The molecule has 1 atom stereocenters. The molecule has 1 unspecified atom stereocenters. The van der Waals surface area contributed by atoms with E-state index >= 15 is 0 Å². The average Bonchev–Trinajstić information content (AvgIpc) is 3.36. The van der Waals surface area contributed by atoms with Gasteiger partial charge in [0.15, 0.2) is 0 Å². The van der Waals surface area contributed by atoms with Gasteiger partial charge in [-0.3, -0.25) is 9.48 Å². The number of hydrogen-bond acceptors (Lipinski definition) is 3. The van der Waals surface area contributed by atoms with Crippen molar-refractivity contribution < 1.29 is 9.90 Å².